The second-order valence-electron chi connectivity index (χ2n) is 7.28. The van der Waals surface area contributed by atoms with Gasteiger partial charge in [-0.15, -0.1) is 0 Å². The Hall–Kier alpha value is -2.31. The predicted octanol–water partition coefficient (Wildman–Crippen LogP) is 4.43. The lowest BCUT2D eigenvalue weighted by Gasteiger charge is -2.18. The molecule has 0 radical (unpaired) electrons. The number of carbonyl (C=O) groups is 1. The van der Waals surface area contributed by atoms with Crippen LogP contribution in [0.3, 0.4) is 0 Å². The molecule has 0 atom stereocenters. The van der Waals surface area contributed by atoms with Crippen LogP contribution >= 0.6 is 11.6 Å². The van der Waals surface area contributed by atoms with Crippen molar-refractivity contribution in [2.24, 2.45) is 0 Å². The van der Waals surface area contributed by atoms with E-state index in [0.717, 1.165) is 12.3 Å². The average Bonchev–Trinajstić information content (AvgIpc) is 2.61. The van der Waals surface area contributed by atoms with Crippen LogP contribution in [0.5, 0.6) is 5.75 Å². The molecule has 0 bridgehead atoms. The van der Waals surface area contributed by atoms with Crippen molar-refractivity contribution in [3.05, 3.63) is 46.0 Å². The number of halogens is 4. The lowest BCUT2D eigenvalue weighted by Crippen LogP contribution is -2.23. The molecule has 0 heterocycles. The number of benzene rings is 2. The molecule has 0 saturated heterocycles. The molecule has 0 aliphatic rings. The molecular weight excluding hydrogens is 495 g/mol. The normalized spacial score (nSPS) is 12.8. The number of alkyl halides is 3. The predicted molar refractivity (Wildman–Crippen MR) is 113 cm³/mol. The Morgan fingerprint density at radius 3 is 2.12 bits per heavy atom. The van der Waals surface area contributed by atoms with Crippen LogP contribution in [0.15, 0.2) is 34.1 Å². The molecule has 7 nitrogen and oxygen atoms in total. The number of rotatable bonds is 5. The minimum absolute atomic E-state index is 0.0423. The van der Waals surface area contributed by atoms with Crippen molar-refractivity contribution < 1.29 is 39.9 Å². The van der Waals surface area contributed by atoms with Gasteiger partial charge in [0.2, 0.25) is 0 Å². The number of sulfone groups is 2. The first-order chi connectivity index (χ1) is 14.4. The van der Waals surface area contributed by atoms with Gasteiger partial charge < -0.3 is 10.4 Å². The standard InChI is InChI=1S/C19H19ClF3NO6S2/c1-9(2)12-8-15(31(4,27)28)10(3)16(17(12)25)18(26)24-14-6-5-11(7-13(14)20)32(29,30)19(21,22)23/h5-9,25H,1-4H3,(H,24,26). The first kappa shape index (κ1) is 25.9. The van der Waals surface area contributed by atoms with Crippen LogP contribution in [0.2, 0.25) is 5.02 Å². The fourth-order valence-electron chi connectivity index (χ4n) is 2.95. The van der Waals surface area contributed by atoms with E-state index < -0.39 is 46.8 Å². The van der Waals surface area contributed by atoms with Gasteiger partial charge in [-0.3, -0.25) is 4.79 Å². The Morgan fingerprint density at radius 1 is 1.12 bits per heavy atom. The number of phenolic OH excluding ortho intramolecular Hbond substituents is 1. The Bertz CT molecular complexity index is 1300. The minimum atomic E-state index is -5.65. The van der Waals surface area contributed by atoms with Crippen LogP contribution in [0.1, 0.15) is 41.3 Å². The molecule has 0 fully saturated rings. The molecule has 176 valence electrons. The maximum absolute atomic E-state index is 12.9. The van der Waals surface area contributed by atoms with E-state index in [4.69, 9.17) is 11.6 Å². The van der Waals surface area contributed by atoms with Crippen molar-refractivity contribution in [3.8, 4) is 5.75 Å². The molecule has 1 amide bonds. The smallest absolute Gasteiger partial charge is 0.501 e. The second-order valence-corrected chi connectivity index (χ2v) is 11.6. The van der Waals surface area contributed by atoms with Crippen LogP contribution < -0.4 is 5.32 Å². The zero-order valence-corrected chi connectivity index (χ0v) is 19.6. The number of phenols is 1. The van der Waals surface area contributed by atoms with Crippen LogP contribution in [0.25, 0.3) is 0 Å². The summed E-state index contributed by atoms with van der Waals surface area (Å²) in [5, 5.41) is 12.4. The SMILES string of the molecule is Cc1c(S(C)(=O)=O)cc(C(C)C)c(O)c1C(=O)Nc1ccc(S(=O)(=O)C(F)(F)F)cc1Cl. The van der Waals surface area contributed by atoms with Crippen LogP contribution in [0, 0.1) is 6.92 Å². The van der Waals surface area contributed by atoms with Crippen molar-refractivity contribution in [2.45, 2.75) is 42.0 Å². The van der Waals surface area contributed by atoms with E-state index in [0.29, 0.717) is 12.1 Å². The Morgan fingerprint density at radius 2 is 1.69 bits per heavy atom. The molecule has 0 unspecified atom stereocenters. The summed E-state index contributed by atoms with van der Waals surface area (Å²) in [4.78, 5) is 11.6. The fraction of sp³-hybridized carbons (Fsp3) is 0.316. The third-order valence-electron chi connectivity index (χ3n) is 4.59. The molecule has 0 spiro atoms. The van der Waals surface area contributed by atoms with Gasteiger partial charge in [-0.1, -0.05) is 25.4 Å². The number of anilines is 1. The number of carbonyl (C=O) groups excluding carboxylic acids is 1. The summed E-state index contributed by atoms with van der Waals surface area (Å²) < 4.78 is 85.6. The summed E-state index contributed by atoms with van der Waals surface area (Å²) in [5.74, 6) is -1.80. The molecule has 2 rings (SSSR count). The van der Waals surface area contributed by atoms with Crippen molar-refractivity contribution in [3.63, 3.8) is 0 Å². The molecule has 0 aliphatic heterocycles. The molecule has 2 N–H and O–H groups in total. The zero-order valence-electron chi connectivity index (χ0n) is 17.2. The Balaban J connectivity index is 2.58. The summed E-state index contributed by atoms with van der Waals surface area (Å²) in [5.41, 5.74) is -5.99. The fourth-order valence-corrected chi connectivity index (χ4v) is 5.03. The van der Waals surface area contributed by atoms with Crippen molar-refractivity contribution in [1.82, 2.24) is 0 Å². The maximum atomic E-state index is 12.9. The van der Waals surface area contributed by atoms with Gasteiger partial charge in [0.1, 0.15) is 5.75 Å². The summed E-state index contributed by atoms with van der Waals surface area (Å²) >= 11 is 5.88. The average molecular weight is 514 g/mol. The highest BCUT2D eigenvalue weighted by Gasteiger charge is 2.47. The first-order valence-electron chi connectivity index (χ1n) is 8.88. The highest BCUT2D eigenvalue weighted by atomic mass is 35.5. The van der Waals surface area contributed by atoms with E-state index >= 15 is 0 Å². The molecule has 0 aromatic heterocycles. The first-order valence-corrected chi connectivity index (χ1v) is 12.6. The Labute approximate surface area is 188 Å². The van der Waals surface area contributed by atoms with Gasteiger partial charge in [-0.25, -0.2) is 16.8 Å². The van der Waals surface area contributed by atoms with Crippen molar-refractivity contribution in [1.29, 1.82) is 0 Å². The van der Waals surface area contributed by atoms with E-state index in [9.17, 15) is 39.9 Å². The van der Waals surface area contributed by atoms with Gasteiger partial charge in [0, 0.05) is 6.26 Å². The number of nitrogens with one attached hydrogen (secondary N) is 1. The summed E-state index contributed by atoms with van der Waals surface area (Å²) in [6.45, 7) is 4.67. The van der Waals surface area contributed by atoms with E-state index in [-0.39, 0.29) is 33.2 Å². The molecule has 0 saturated carbocycles. The van der Waals surface area contributed by atoms with Gasteiger partial charge in [-0.05, 0) is 48.2 Å². The van der Waals surface area contributed by atoms with Crippen LogP contribution in [-0.2, 0) is 19.7 Å². The number of hydrogen-bond acceptors (Lipinski definition) is 6. The Kier molecular flexibility index (Phi) is 6.94. The molecule has 2 aromatic rings. The molecule has 2 aromatic carbocycles. The maximum Gasteiger partial charge on any atom is 0.501 e. The van der Waals surface area contributed by atoms with Crippen LogP contribution in [0.4, 0.5) is 18.9 Å². The van der Waals surface area contributed by atoms with E-state index in [2.05, 4.69) is 5.32 Å². The third kappa shape index (κ3) is 4.86. The van der Waals surface area contributed by atoms with E-state index in [1.807, 2.05) is 0 Å². The van der Waals surface area contributed by atoms with E-state index in [1.165, 1.54) is 13.0 Å². The number of aromatic hydroxyl groups is 1. The minimum Gasteiger partial charge on any atom is -0.507 e. The zero-order chi connectivity index (χ0) is 24.8. The highest BCUT2D eigenvalue weighted by molar-refractivity contribution is 7.92. The summed E-state index contributed by atoms with van der Waals surface area (Å²) in [6, 6.07) is 3.27. The third-order valence-corrected chi connectivity index (χ3v) is 7.61. The topological polar surface area (TPSA) is 118 Å². The molecule has 13 heteroatoms. The number of amides is 1. The molecular formula is C19H19ClF3NO6S2. The van der Waals surface area contributed by atoms with Gasteiger partial charge >= 0.3 is 5.51 Å². The molecule has 32 heavy (non-hydrogen) atoms. The van der Waals surface area contributed by atoms with E-state index in [1.54, 1.807) is 13.8 Å². The van der Waals surface area contributed by atoms with Crippen molar-refractivity contribution >= 4 is 42.9 Å². The lowest BCUT2D eigenvalue weighted by molar-refractivity contribution is -0.0436. The summed E-state index contributed by atoms with van der Waals surface area (Å²) in [7, 11) is -9.42. The van der Waals surface area contributed by atoms with Crippen LogP contribution in [-0.4, -0.2) is 39.6 Å². The van der Waals surface area contributed by atoms with Gasteiger partial charge in [0.15, 0.2) is 9.84 Å². The monoisotopic (exact) mass is 513 g/mol. The summed E-state index contributed by atoms with van der Waals surface area (Å²) in [6.07, 6.45) is 0.939. The quantitative estimate of drug-likeness (QED) is 0.611. The van der Waals surface area contributed by atoms with Gasteiger partial charge in [-0.2, -0.15) is 13.2 Å². The number of hydrogen-bond donors (Lipinski definition) is 2. The highest BCUT2D eigenvalue weighted by Crippen LogP contribution is 2.37. The van der Waals surface area contributed by atoms with Gasteiger partial charge in [0.05, 0.1) is 26.1 Å². The molecule has 0 aliphatic carbocycles. The lowest BCUT2D eigenvalue weighted by atomic mass is 9.95. The van der Waals surface area contributed by atoms with Crippen molar-refractivity contribution in [2.75, 3.05) is 11.6 Å². The largest absolute Gasteiger partial charge is 0.507 e. The second kappa shape index (κ2) is 8.56. The van der Waals surface area contributed by atoms with Gasteiger partial charge in [0.25, 0.3) is 15.7 Å².